The maximum absolute atomic E-state index is 13.3. The number of rotatable bonds is 7. The lowest BCUT2D eigenvalue weighted by molar-refractivity contribution is -0.580. The van der Waals surface area contributed by atoms with Gasteiger partial charge in [0.15, 0.2) is 5.69 Å². The normalized spacial score (nSPS) is 10.7. The van der Waals surface area contributed by atoms with E-state index in [0.717, 1.165) is 5.56 Å². The summed E-state index contributed by atoms with van der Waals surface area (Å²) >= 11 is 0. The Kier molecular flexibility index (Phi) is 6.31. The molecule has 0 bridgehead atoms. The van der Waals surface area contributed by atoms with E-state index in [1.54, 1.807) is 72.8 Å². The summed E-state index contributed by atoms with van der Waals surface area (Å²) in [4.78, 5) is 30.3. The van der Waals surface area contributed by atoms with E-state index in [2.05, 4.69) is 4.98 Å². The second-order valence-electron chi connectivity index (χ2n) is 7.42. The molecule has 166 valence electrons. The first-order chi connectivity index (χ1) is 16.0. The van der Waals surface area contributed by atoms with Crippen LogP contribution in [0.15, 0.2) is 72.8 Å². The summed E-state index contributed by atoms with van der Waals surface area (Å²) < 4.78 is 11.4. The number of aryl methyl sites for hydroxylation is 1. The molecule has 1 aromatic heterocycles. The smallest absolute Gasteiger partial charge is 0.338 e. The van der Waals surface area contributed by atoms with Crippen molar-refractivity contribution in [1.82, 2.24) is 4.98 Å². The van der Waals surface area contributed by atoms with Crippen LogP contribution in [0.5, 0.6) is 5.75 Å². The summed E-state index contributed by atoms with van der Waals surface area (Å²) in [5.74, 6) is -0.588. The van der Waals surface area contributed by atoms with Gasteiger partial charge in [-0.25, -0.2) is 9.78 Å². The van der Waals surface area contributed by atoms with Crippen molar-refractivity contribution in [2.45, 2.75) is 20.5 Å². The van der Waals surface area contributed by atoms with Gasteiger partial charge in [0.1, 0.15) is 17.9 Å². The van der Waals surface area contributed by atoms with Gasteiger partial charge in [-0.2, -0.15) is 4.73 Å². The van der Waals surface area contributed by atoms with Gasteiger partial charge in [-0.3, -0.25) is 4.79 Å². The van der Waals surface area contributed by atoms with E-state index in [1.807, 2.05) is 13.8 Å². The lowest BCUT2D eigenvalue weighted by Gasteiger charge is -2.13. The van der Waals surface area contributed by atoms with Crippen LogP contribution in [-0.4, -0.2) is 23.3 Å². The minimum Gasteiger partial charge on any atom is -0.618 e. The van der Waals surface area contributed by atoms with Gasteiger partial charge in [0.25, 0.3) is 11.5 Å². The average Bonchev–Trinajstić information content (AvgIpc) is 2.84. The lowest BCUT2D eigenvalue weighted by Crippen LogP contribution is -2.38. The van der Waals surface area contributed by atoms with Crippen LogP contribution in [0.1, 0.15) is 44.6 Å². The third kappa shape index (κ3) is 4.67. The van der Waals surface area contributed by atoms with Crippen molar-refractivity contribution in [3.63, 3.8) is 0 Å². The molecule has 4 rings (SSSR count). The summed E-state index contributed by atoms with van der Waals surface area (Å²) in [6.07, 6.45) is 0. The molecule has 0 aliphatic rings. The molecule has 0 aliphatic heterocycles. The predicted octanol–water partition coefficient (Wildman–Crippen LogP) is 4.16. The molecular weight excluding hydrogens is 420 g/mol. The number of hydrogen-bond acceptors (Lipinski definition) is 6. The van der Waals surface area contributed by atoms with Crippen LogP contribution in [0, 0.1) is 12.1 Å². The van der Waals surface area contributed by atoms with Gasteiger partial charge in [0.2, 0.25) is 5.52 Å². The molecule has 7 nitrogen and oxygen atoms in total. The summed E-state index contributed by atoms with van der Waals surface area (Å²) in [5.41, 5.74) is 2.14. The molecule has 0 unspecified atom stereocenters. The number of carbonyl (C=O) groups is 2. The highest BCUT2D eigenvalue weighted by Crippen LogP contribution is 2.21. The largest absolute Gasteiger partial charge is 0.618 e. The Morgan fingerprint density at radius 3 is 2.39 bits per heavy atom. The highest BCUT2D eigenvalue weighted by atomic mass is 16.5. The fourth-order valence-corrected chi connectivity index (χ4v) is 3.41. The van der Waals surface area contributed by atoms with Gasteiger partial charge in [-0.15, -0.1) is 0 Å². The maximum atomic E-state index is 13.3. The highest BCUT2D eigenvalue weighted by Gasteiger charge is 2.28. The van der Waals surface area contributed by atoms with Crippen molar-refractivity contribution in [3.05, 3.63) is 106 Å². The first kappa shape index (κ1) is 22.0. The van der Waals surface area contributed by atoms with Gasteiger partial charge in [0.05, 0.1) is 18.2 Å². The molecule has 0 atom stereocenters. The standard InChI is InChI=1S/C26H22N2O5/c1-3-32-20-13-14-21-23(15-20)28(31)24(25(29)18-7-5-4-6-8-18)22(27-21)16-33-26(30)19-11-9-17(2)10-12-19/h4-15H,3,16H2,1-2H3. The van der Waals surface area contributed by atoms with Gasteiger partial charge in [-0.05, 0) is 38.1 Å². The van der Waals surface area contributed by atoms with E-state index in [-0.39, 0.29) is 23.5 Å². The van der Waals surface area contributed by atoms with Crippen LogP contribution in [0.25, 0.3) is 11.0 Å². The number of esters is 1. The fourth-order valence-electron chi connectivity index (χ4n) is 3.41. The monoisotopic (exact) mass is 442 g/mol. The van der Waals surface area contributed by atoms with E-state index in [9.17, 15) is 14.8 Å². The van der Waals surface area contributed by atoms with Crippen molar-refractivity contribution in [2.24, 2.45) is 0 Å². The Morgan fingerprint density at radius 2 is 1.70 bits per heavy atom. The number of carbonyl (C=O) groups excluding carboxylic acids is 2. The Labute approximate surface area is 190 Å². The second-order valence-corrected chi connectivity index (χ2v) is 7.42. The lowest BCUT2D eigenvalue weighted by atomic mass is 10.1. The van der Waals surface area contributed by atoms with E-state index in [4.69, 9.17) is 9.47 Å². The molecule has 0 aliphatic carbocycles. The summed E-state index contributed by atoms with van der Waals surface area (Å²) in [6.45, 7) is 3.86. The van der Waals surface area contributed by atoms with E-state index in [0.29, 0.717) is 33.7 Å². The zero-order valence-electron chi connectivity index (χ0n) is 18.3. The molecular formula is C26H22N2O5. The number of ketones is 1. The molecule has 3 aromatic carbocycles. The summed E-state index contributed by atoms with van der Waals surface area (Å²) in [5, 5.41) is 13.3. The van der Waals surface area contributed by atoms with Crippen LogP contribution in [-0.2, 0) is 11.3 Å². The molecule has 4 aromatic rings. The van der Waals surface area contributed by atoms with Crippen LogP contribution >= 0.6 is 0 Å². The minimum atomic E-state index is -0.570. The second kappa shape index (κ2) is 9.48. The van der Waals surface area contributed by atoms with Crippen LogP contribution in [0.4, 0.5) is 0 Å². The third-order valence-corrected chi connectivity index (χ3v) is 5.09. The fraction of sp³-hybridized carbons (Fsp3) is 0.154. The summed E-state index contributed by atoms with van der Waals surface area (Å²) in [7, 11) is 0. The number of aromatic nitrogens is 2. The Bertz CT molecular complexity index is 1320. The SMILES string of the molecule is CCOc1ccc2nc(COC(=O)c3ccc(C)cc3)c(C(=O)c3ccccc3)[n+]([O-])c2c1. The number of nitrogens with zero attached hydrogens (tertiary/aromatic N) is 2. The third-order valence-electron chi connectivity index (χ3n) is 5.09. The number of hydrogen-bond donors (Lipinski definition) is 0. The van der Waals surface area contributed by atoms with Crippen molar-refractivity contribution < 1.29 is 23.8 Å². The molecule has 7 heteroatoms. The topological polar surface area (TPSA) is 92.4 Å². The molecule has 0 saturated carbocycles. The molecule has 0 radical (unpaired) electrons. The van der Waals surface area contributed by atoms with Gasteiger partial charge in [-0.1, -0.05) is 48.0 Å². The number of benzene rings is 3. The van der Waals surface area contributed by atoms with Crippen LogP contribution in [0.3, 0.4) is 0 Å². The van der Waals surface area contributed by atoms with Crippen LogP contribution < -0.4 is 9.47 Å². The summed E-state index contributed by atoms with van der Waals surface area (Å²) in [6, 6.07) is 20.2. The maximum Gasteiger partial charge on any atom is 0.338 e. The molecule has 0 amide bonds. The zero-order chi connectivity index (χ0) is 23.4. The molecule has 33 heavy (non-hydrogen) atoms. The molecule has 0 saturated heterocycles. The quantitative estimate of drug-likeness (QED) is 0.185. The first-order valence-corrected chi connectivity index (χ1v) is 10.5. The first-order valence-electron chi connectivity index (χ1n) is 10.5. The van der Waals surface area contributed by atoms with Crippen molar-refractivity contribution in [1.29, 1.82) is 0 Å². The highest BCUT2D eigenvalue weighted by molar-refractivity contribution is 6.07. The molecule has 1 heterocycles. The Hall–Kier alpha value is -4.26. The average molecular weight is 442 g/mol. The van der Waals surface area contributed by atoms with E-state index in [1.165, 1.54) is 0 Å². The van der Waals surface area contributed by atoms with Gasteiger partial charge >= 0.3 is 5.97 Å². The van der Waals surface area contributed by atoms with Gasteiger partial charge < -0.3 is 14.7 Å². The van der Waals surface area contributed by atoms with Crippen molar-refractivity contribution >= 4 is 22.8 Å². The van der Waals surface area contributed by atoms with Gasteiger partial charge in [0, 0.05) is 5.56 Å². The molecule has 0 N–H and O–H groups in total. The Balaban J connectivity index is 1.76. The molecule has 0 spiro atoms. The predicted molar refractivity (Wildman–Crippen MR) is 122 cm³/mol. The van der Waals surface area contributed by atoms with E-state index < -0.39 is 11.8 Å². The zero-order valence-corrected chi connectivity index (χ0v) is 18.3. The number of ether oxygens (including phenoxy) is 2. The number of fused-ring (bicyclic) bond motifs is 1. The van der Waals surface area contributed by atoms with Crippen molar-refractivity contribution in [2.75, 3.05) is 6.61 Å². The van der Waals surface area contributed by atoms with E-state index >= 15 is 0 Å². The van der Waals surface area contributed by atoms with Crippen molar-refractivity contribution in [3.8, 4) is 5.75 Å². The van der Waals surface area contributed by atoms with Crippen LogP contribution in [0.2, 0.25) is 0 Å². The minimum absolute atomic E-state index is 0.0796. The Morgan fingerprint density at radius 1 is 0.970 bits per heavy atom. The molecule has 0 fully saturated rings.